The molecule has 0 aliphatic carbocycles. The number of halogens is 3. The highest BCUT2D eigenvalue weighted by molar-refractivity contribution is 9.10. The quantitative estimate of drug-likeness (QED) is 0.762. The minimum Gasteiger partial charge on any atom is -0.306 e. The lowest BCUT2D eigenvalue weighted by Gasteiger charge is -2.19. The first-order valence-corrected chi connectivity index (χ1v) is 8.01. The molecule has 1 atom stereocenters. The zero-order valence-corrected chi connectivity index (χ0v) is 13.7. The van der Waals surface area contributed by atoms with Gasteiger partial charge in [0.2, 0.25) is 0 Å². The molecular formula is C13H12Br2FNS. The number of thiophene rings is 1. The van der Waals surface area contributed by atoms with Crippen LogP contribution in [0.1, 0.15) is 23.4 Å². The Bertz CT molecular complexity index is 542. The standard InChI is InChI=1S/C13H12Br2FNS/c1-2-17-12(13-11(15)5-6-18-13)9-7-8(16)3-4-10(9)14/h3-7,12,17H,2H2,1H3. The van der Waals surface area contributed by atoms with Crippen LogP contribution >= 0.6 is 43.2 Å². The summed E-state index contributed by atoms with van der Waals surface area (Å²) < 4.78 is 15.4. The van der Waals surface area contributed by atoms with Crippen LogP contribution in [0.15, 0.2) is 38.6 Å². The molecule has 0 saturated heterocycles. The van der Waals surface area contributed by atoms with Crippen LogP contribution in [0, 0.1) is 5.82 Å². The highest BCUT2D eigenvalue weighted by Gasteiger charge is 2.20. The van der Waals surface area contributed by atoms with E-state index in [1.54, 1.807) is 23.5 Å². The van der Waals surface area contributed by atoms with Gasteiger partial charge >= 0.3 is 0 Å². The molecule has 0 amide bonds. The lowest BCUT2D eigenvalue weighted by Crippen LogP contribution is -2.22. The smallest absolute Gasteiger partial charge is 0.123 e. The third-order valence-corrected chi connectivity index (χ3v) is 5.24. The predicted octanol–water partition coefficient (Wildman–Crippen LogP) is 5.11. The first-order valence-electron chi connectivity index (χ1n) is 5.54. The van der Waals surface area contributed by atoms with Gasteiger partial charge in [-0.1, -0.05) is 22.9 Å². The van der Waals surface area contributed by atoms with Crippen molar-refractivity contribution in [2.75, 3.05) is 6.54 Å². The van der Waals surface area contributed by atoms with Crippen molar-refractivity contribution in [2.45, 2.75) is 13.0 Å². The van der Waals surface area contributed by atoms with Gasteiger partial charge in [0.15, 0.2) is 0 Å². The van der Waals surface area contributed by atoms with Crippen molar-refractivity contribution in [2.24, 2.45) is 0 Å². The molecule has 0 saturated carbocycles. The lowest BCUT2D eigenvalue weighted by molar-refractivity contribution is 0.604. The van der Waals surface area contributed by atoms with Crippen LogP contribution in [0.3, 0.4) is 0 Å². The number of nitrogens with one attached hydrogen (secondary N) is 1. The van der Waals surface area contributed by atoms with E-state index in [-0.39, 0.29) is 11.9 Å². The first-order chi connectivity index (χ1) is 8.63. The van der Waals surface area contributed by atoms with E-state index < -0.39 is 0 Å². The van der Waals surface area contributed by atoms with Crippen LogP contribution in [0.5, 0.6) is 0 Å². The second-order valence-corrected chi connectivity index (χ2v) is 6.45. The van der Waals surface area contributed by atoms with Crippen molar-refractivity contribution in [3.8, 4) is 0 Å². The maximum absolute atomic E-state index is 13.4. The Morgan fingerprint density at radius 3 is 2.67 bits per heavy atom. The van der Waals surface area contributed by atoms with Crippen molar-refractivity contribution in [3.63, 3.8) is 0 Å². The predicted molar refractivity (Wildman–Crippen MR) is 81.6 cm³/mol. The summed E-state index contributed by atoms with van der Waals surface area (Å²) in [6, 6.07) is 6.78. The molecule has 1 aromatic heterocycles. The van der Waals surface area contributed by atoms with Crippen molar-refractivity contribution in [1.29, 1.82) is 0 Å². The average Bonchev–Trinajstić information content (AvgIpc) is 2.76. The molecule has 0 fully saturated rings. The first kappa shape index (κ1) is 14.2. The van der Waals surface area contributed by atoms with E-state index in [0.29, 0.717) is 0 Å². The molecule has 0 aliphatic rings. The third kappa shape index (κ3) is 3.02. The maximum Gasteiger partial charge on any atom is 0.123 e. The normalized spacial score (nSPS) is 12.7. The maximum atomic E-state index is 13.4. The zero-order valence-electron chi connectivity index (χ0n) is 9.71. The molecule has 1 unspecified atom stereocenters. The molecule has 1 heterocycles. The Hall–Kier alpha value is -0.230. The molecule has 0 bridgehead atoms. The highest BCUT2D eigenvalue weighted by Crippen LogP contribution is 2.36. The summed E-state index contributed by atoms with van der Waals surface area (Å²) in [4.78, 5) is 1.16. The van der Waals surface area contributed by atoms with E-state index in [1.165, 1.54) is 6.07 Å². The molecule has 0 spiro atoms. The summed E-state index contributed by atoms with van der Waals surface area (Å²) in [5.74, 6) is -0.219. The number of benzene rings is 1. The Labute approximate surface area is 127 Å². The van der Waals surface area contributed by atoms with Gasteiger partial charge in [-0.05, 0) is 57.7 Å². The van der Waals surface area contributed by atoms with E-state index in [1.807, 2.05) is 18.4 Å². The second kappa shape index (κ2) is 6.28. The SMILES string of the molecule is CCNC(c1cc(F)ccc1Br)c1sccc1Br. The van der Waals surface area contributed by atoms with Crippen molar-refractivity contribution in [1.82, 2.24) is 5.32 Å². The number of hydrogen-bond acceptors (Lipinski definition) is 2. The Morgan fingerprint density at radius 2 is 2.06 bits per heavy atom. The summed E-state index contributed by atoms with van der Waals surface area (Å²) in [6.45, 7) is 2.86. The fourth-order valence-electron chi connectivity index (χ4n) is 1.80. The topological polar surface area (TPSA) is 12.0 Å². The summed E-state index contributed by atoms with van der Waals surface area (Å²) >= 11 is 8.69. The molecule has 18 heavy (non-hydrogen) atoms. The summed E-state index contributed by atoms with van der Waals surface area (Å²) in [5, 5.41) is 5.42. The van der Waals surface area contributed by atoms with Gasteiger partial charge in [-0.2, -0.15) is 0 Å². The monoisotopic (exact) mass is 391 g/mol. The largest absolute Gasteiger partial charge is 0.306 e. The van der Waals surface area contributed by atoms with Crippen LogP contribution in [0.25, 0.3) is 0 Å². The fourth-order valence-corrected chi connectivity index (χ4v) is 3.96. The molecule has 0 aliphatic heterocycles. The van der Waals surface area contributed by atoms with Gasteiger partial charge in [-0.25, -0.2) is 4.39 Å². The van der Waals surface area contributed by atoms with Gasteiger partial charge in [0.05, 0.1) is 6.04 Å². The van der Waals surface area contributed by atoms with Gasteiger partial charge < -0.3 is 5.32 Å². The van der Waals surface area contributed by atoms with Crippen LogP contribution in [-0.2, 0) is 0 Å². The summed E-state index contributed by atoms with van der Waals surface area (Å²) in [6.07, 6.45) is 0. The van der Waals surface area contributed by atoms with Gasteiger partial charge in [-0.15, -0.1) is 11.3 Å². The molecule has 1 N–H and O–H groups in total. The number of rotatable bonds is 4. The molecule has 1 nitrogen and oxygen atoms in total. The van der Waals surface area contributed by atoms with E-state index >= 15 is 0 Å². The van der Waals surface area contributed by atoms with Crippen LogP contribution < -0.4 is 5.32 Å². The minimum atomic E-state index is -0.219. The molecule has 5 heteroatoms. The Morgan fingerprint density at radius 1 is 1.28 bits per heavy atom. The summed E-state index contributed by atoms with van der Waals surface area (Å²) in [5.41, 5.74) is 0.917. The molecule has 2 rings (SSSR count). The second-order valence-electron chi connectivity index (χ2n) is 3.79. The van der Waals surface area contributed by atoms with Gasteiger partial charge in [0.1, 0.15) is 5.82 Å². The van der Waals surface area contributed by atoms with Crippen LogP contribution in [0.2, 0.25) is 0 Å². The summed E-state index contributed by atoms with van der Waals surface area (Å²) in [7, 11) is 0. The van der Waals surface area contributed by atoms with E-state index in [2.05, 4.69) is 37.2 Å². The Balaban J connectivity index is 2.48. The van der Waals surface area contributed by atoms with Crippen LogP contribution in [-0.4, -0.2) is 6.54 Å². The van der Waals surface area contributed by atoms with Crippen molar-refractivity contribution < 1.29 is 4.39 Å². The van der Waals surface area contributed by atoms with E-state index in [4.69, 9.17) is 0 Å². The van der Waals surface area contributed by atoms with Crippen molar-refractivity contribution >= 4 is 43.2 Å². The van der Waals surface area contributed by atoms with Gasteiger partial charge in [0, 0.05) is 13.8 Å². The molecule has 96 valence electrons. The number of hydrogen-bond donors (Lipinski definition) is 1. The fraction of sp³-hybridized carbons (Fsp3) is 0.231. The van der Waals surface area contributed by atoms with Crippen molar-refractivity contribution in [3.05, 3.63) is 54.8 Å². The third-order valence-electron chi connectivity index (χ3n) is 2.58. The highest BCUT2D eigenvalue weighted by atomic mass is 79.9. The van der Waals surface area contributed by atoms with E-state index in [9.17, 15) is 4.39 Å². The average molecular weight is 393 g/mol. The van der Waals surface area contributed by atoms with Gasteiger partial charge in [0.25, 0.3) is 0 Å². The molecular weight excluding hydrogens is 381 g/mol. The molecule has 2 aromatic rings. The molecule has 1 aromatic carbocycles. The minimum absolute atomic E-state index is 0.00514. The van der Waals surface area contributed by atoms with Crippen LogP contribution in [0.4, 0.5) is 4.39 Å². The molecule has 0 radical (unpaired) electrons. The van der Waals surface area contributed by atoms with Gasteiger partial charge in [-0.3, -0.25) is 0 Å². The zero-order chi connectivity index (χ0) is 13.1. The van der Waals surface area contributed by atoms with E-state index in [0.717, 1.165) is 25.9 Å². The Kier molecular flexibility index (Phi) is 4.95. The lowest BCUT2D eigenvalue weighted by atomic mass is 10.1.